The van der Waals surface area contributed by atoms with Gasteiger partial charge in [0.25, 0.3) is 0 Å². The molecule has 4 aliphatic rings. The summed E-state index contributed by atoms with van der Waals surface area (Å²) in [5, 5.41) is 6.31. The van der Waals surface area contributed by atoms with Gasteiger partial charge in [0.05, 0.1) is 23.7 Å². The van der Waals surface area contributed by atoms with Gasteiger partial charge in [-0.3, -0.25) is 9.59 Å². The SMILES string of the molecule is O=C(OC1CCNCC1)[C@H]1[C@H](C(=O)Nc2ccc(Br)nc2)[C@@H]2CC[C@H]1C21CC1. The van der Waals surface area contributed by atoms with E-state index in [-0.39, 0.29) is 35.2 Å². The van der Waals surface area contributed by atoms with Crippen molar-refractivity contribution in [3.63, 3.8) is 0 Å². The largest absolute Gasteiger partial charge is 0.462 e. The second-order valence-corrected chi connectivity index (χ2v) is 9.63. The number of hydrogen-bond acceptors (Lipinski definition) is 5. The molecule has 7 heteroatoms. The Balaban J connectivity index is 1.35. The van der Waals surface area contributed by atoms with Crippen LogP contribution in [0.1, 0.15) is 38.5 Å². The Morgan fingerprint density at radius 3 is 2.46 bits per heavy atom. The molecule has 28 heavy (non-hydrogen) atoms. The molecule has 2 heterocycles. The molecule has 2 N–H and O–H groups in total. The van der Waals surface area contributed by atoms with Crippen molar-refractivity contribution in [1.82, 2.24) is 10.3 Å². The highest BCUT2D eigenvalue weighted by molar-refractivity contribution is 9.10. The maximum absolute atomic E-state index is 13.2. The Bertz CT molecular complexity index is 774. The number of carbonyl (C=O) groups excluding carboxylic acids is 2. The summed E-state index contributed by atoms with van der Waals surface area (Å²) in [5.74, 6) is -0.134. The Labute approximate surface area is 173 Å². The molecule has 1 aromatic rings. The fraction of sp³-hybridized carbons (Fsp3) is 0.667. The summed E-state index contributed by atoms with van der Waals surface area (Å²) in [6, 6.07) is 3.64. The minimum absolute atomic E-state index is 0.0117. The van der Waals surface area contributed by atoms with Crippen LogP contribution in [0.15, 0.2) is 22.9 Å². The van der Waals surface area contributed by atoms with E-state index in [1.807, 2.05) is 12.1 Å². The van der Waals surface area contributed by atoms with Crippen LogP contribution >= 0.6 is 15.9 Å². The molecular formula is C21H26BrN3O3. The van der Waals surface area contributed by atoms with Crippen molar-refractivity contribution in [1.29, 1.82) is 0 Å². The summed E-state index contributed by atoms with van der Waals surface area (Å²) < 4.78 is 6.65. The third kappa shape index (κ3) is 3.07. The molecule has 4 fully saturated rings. The molecule has 3 aliphatic carbocycles. The molecule has 150 valence electrons. The standard InChI is InChI=1S/C21H26BrN3O3/c22-16-4-1-12(11-24-16)25-19(26)17-14-2-3-15(21(14)7-8-21)18(17)20(27)28-13-5-9-23-10-6-13/h1,4,11,13-15,17-18,23H,2-3,5-10H2,(H,25,26)/t14-,15+,17+,18+/m0/s1. The van der Waals surface area contributed by atoms with Gasteiger partial charge in [-0.25, -0.2) is 4.98 Å². The normalized spacial score (nSPS) is 33.0. The molecule has 0 radical (unpaired) electrons. The van der Waals surface area contributed by atoms with E-state index < -0.39 is 0 Å². The smallest absolute Gasteiger partial charge is 0.310 e. The molecule has 4 atom stereocenters. The summed E-state index contributed by atoms with van der Waals surface area (Å²) in [5.41, 5.74) is 0.893. The van der Waals surface area contributed by atoms with Gasteiger partial charge in [0.2, 0.25) is 5.91 Å². The van der Waals surface area contributed by atoms with Crippen molar-refractivity contribution in [2.75, 3.05) is 18.4 Å². The maximum Gasteiger partial charge on any atom is 0.310 e. The van der Waals surface area contributed by atoms with E-state index in [1.165, 1.54) is 0 Å². The van der Waals surface area contributed by atoms with Crippen molar-refractivity contribution in [2.24, 2.45) is 29.1 Å². The lowest BCUT2D eigenvalue weighted by molar-refractivity contribution is -0.161. The van der Waals surface area contributed by atoms with E-state index in [0.29, 0.717) is 17.5 Å². The third-order valence-electron chi connectivity index (χ3n) is 7.49. The van der Waals surface area contributed by atoms with Gasteiger partial charge < -0.3 is 15.4 Å². The highest BCUT2D eigenvalue weighted by Crippen LogP contribution is 2.74. The minimum Gasteiger partial charge on any atom is -0.462 e. The lowest BCUT2D eigenvalue weighted by atomic mass is 9.78. The third-order valence-corrected chi connectivity index (χ3v) is 7.95. The Hall–Kier alpha value is -1.47. The average Bonchev–Trinajstić information content (AvgIpc) is 3.37. The second kappa shape index (κ2) is 7.10. The van der Waals surface area contributed by atoms with E-state index in [2.05, 4.69) is 31.5 Å². The zero-order valence-electron chi connectivity index (χ0n) is 15.8. The van der Waals surface area contributed by atoms with E-state index in [0.717, 1.165) is 56.2 Å². The van der Waals surface area contributed by atoms with E-state index in [9.17, 15) is 9.59 Å². The van der Waals surface area contributed by atoms with Gasteiger partial charge in [0, 0.05) is 0 Å². The van der Waals surface area contributed by atoms with E-state index in [4.69, 9.17) is 4.74 Å². The summed E-state index contributed by atoms with van der Waals surface area (Å²) in [6.45, 7) is 1.78. The highest BCUT2D eigenvalue weighted by atomic mass is 79.9. The number of nitrogens with one attached hydrogen (secondary N) is 2. The number of esters is 1. The predicted molar refractivity (Wildman–Crippen MR) is 107 cm³/mol. The monoisotopic (exact) mass is 447 g/mol. The fourth-order valence-electron chi connectivity index (χ4n) is 6.16. The number of nitrogens with zero attached hydrogens (tertiary/aromatic N) is 1. The van der Waals surface area contributed by atoms with Crippen molar-refractivity contribution >= 4 is 33.5 Å². The number of aromatic nitrogens is 1. The van der Waals surface area contributed by atoms with E-state index >= 15 is 0 Å². The zero-order chi connectivity index (χ0) is 19.3. The number of rotatable bonds is 4. The summed E-state index contributed by atoms with van der Waals surface area (Å²) in [7, 11) is 0. The number of piperidine rings is 1. The number of ether oxygens (including phenoxy) is 1. The van der Waals surface area contributed by atoms with Gasteiger partial charge in [-0.15, -0.1) is 0 Å². The molecule has 6 nitrogen and oxygen atoms in total. The maximum atomic E-state index is 13.2. The molecule has 5 rings (SSSR count). The van der Waals surface area contributed by atoms with Crippen LogP contribution in [0.3, 0.4) is 0 Å². The number of pyridine rings is 1. The lowest BCUT2D eigenvalue weighted by Crippen LogP contribution is -2.41. The van der Waals surface area contributed by atoms with Crippen LogP contribution in [-0.2, 0) is 14.3 Å². The van der Waals surface area contributed by atoms with Gasteiger partial charge in [0.1, 0.15) is 10.7 Å². The van der Waals surface area contributed by atoms with Gasteiger partial charge in [0.15, 0.2) is 0 Å². The highest BCUT2D eigenvalue weighted by Gasteiger charge is 2.72. The van der Waals surface area contributed by atoms with Crippen LogP contribution in [-0.4, -0.2) is 36.1 Å². The van der Waals surface area contributed by atoms with Crippen molar-refractivity contribution < 1.29 is 14.3 Å². The van der Waals surface area contributed by atoms with Crippen LogP contribution in [0.4, 0.5) is 5.69 Å². The number of anilines is 1. The van der Waals surface area contributed by atoms with Crippen LogP contribution in [0, 0.1) is 29.1 Å². The van der Waals surface area contributed by atoms with E-state index in [1.54, 1.807) is 6.20 Å². The van der Waals surface area contributed by atoms with Crippen LogP contribution in [0.2, 0.25) is 0 Å². The first kappa shape index (κ1) is 18.6. The van der Waals surface area contributed by atoms with Crippen LogP contribution in [0.5, 0.6) is 0 Å². The molecule has 0 unspecified atom stereocenters. The molecule has 3 saturated carbocycles. The number of carbonyl (C=O) groups is 2. The topological polar surface area (TPSA) is 80.3 Å². The van der Waals surface area contributed by atoms with Crippen LogP contribution in [0.25, 0.3) is 0 Å². The Morgan fingerprint density at radius 1 is 1.11 bits per heavy atom. The van der Waals surface area contributed by atoms with Gasteiger partial charge in [-0.2, -0.15) is 0 Å². The molecule has 1 spiro atoms. The molecule has 1 aliphatic heterocycles. The second-order valence-electron chi connectivity index (χ2n) is 8.82. The average molecular weight is 448 g/mol. The zero-order valence-corrected chi connectivity index (χ0v) is 17.4. The molecule has 1 amide bonds. The molecule has 2 bridgehead atoms. The van der Waals surface area contributed by atoms with Crippen molar-refractivity contribution in [3.8, 4) is 0 Å². The predicted octanol–water partition coefficient (Wildman–Crippen LogP) is 3.13. The van der Waals surface area contributed by atoms with Crippen molar-refractivity contribution in [2.45, 2.75) is 44.6 Å². The molecule has 1 saturated heterocycles. The van der Waals surface area contributed by atoms with Crippen molar-refractivity contribution in [3.05, 3.63) is 22.9 Å². The number of amides is 1. The van der Waals surface area contributed by atoms with Gasteiger partial charge in [-0.05, 0) is 96.9 Å². The summed E-state index contributed by atoms with van der Waals surface area (Å²) in [6.07, 6.45) is 7.77. The summed E-state index contributed by atoms with van der Waals surface area (Å²) in [4.78, 5) is 30.6. The summed E-state index contributed by atoms with van der Waals surface area (Å²) >= 11 is 3.31. The first-order valence-corrected chi connectivity index (χ1v) is 11.2. The van der Waals surface area contributed by atoms with Crippen LogP contribution < -0.4 is 10.6 Å². The number of hydrogen-bond donors (Lipinski definition) is 2. The first-order chi connectivity index (χ1) is 13.6. The lowest BCUT2D eigenvalue weighted by Gasteiger charge is -2.31. The first-order valence-electron chi connectivity index (χ1n) is 10.4. The Kier molecular flexibility index (Phi) is 4.70. The number of halogens is 1. The molecule has 0 aromatic carbocycles. The fourth-order valence-corrected chi connectivity index (χ4v) is 6.39. The Morgan fingerprint density at radius 2 is 1.82 bits per heavy atom. The molecule has 1 aromatic heterocycles. The molecular weight excluding hydrogens is 422 g/mol. The quantitative estimate of drug-likeness (QED) is 0.547. The minimum atomic E-state index is -0.292. The van der Waals surface area contributed by atoms with Gasteiger partial charge >= 0.3 is 5.97 Å². The van der Waals surface area contributed by atoms with Gasteiger partial charge in [-0.1, -0.05) is 0 Å².